The minimum absolute atomic E-state index is 0.285. The van der Waals surface area contributed by atoms with E-state index in [9.17, 15) is 0 Å². The fourth-order valence-electron chi connectivity index (χ4n) is 3.38. The Kier molecular flexibility index (Phi) is 3.65. The van der Waals surface area contributed by atoms with E-state index in [-0.39, 0.29) is 6.04 Å². The van der Waals surface area contributed by atoms with Crippen molar-refractivity contribution in [3.63, 3.8) is 0 Å². The zero-order valence-corrected chi connectivity index (χ0v) is 14.0. The van der Waals surface area contributed by atoms with Crippen LogP contribution in [0.15, 0.2) is 30.7 Å². The fraction of sp³-hybridized carbons (Fsp3) is 0.412. The monoisotopic (exact) mass is 324 g/mol. The molecule has 7 nitrogen and oxygen atoms in total. The van der Waals surface area contributed by atoms with Gasteiger partial charge < -0.3 is 11.1 Å². The Balaban J connectivity index is 1.64. The molecule has 0 spiro atoms. The molecule has 24 heavy (non-hydrogen) atoms. The number of nitrogens with zero attached hydrogens (tertiary/aromatic N) is 5. The molecular weight excluding hydrogens is 302 g/mol. The van der Waals surface area contributed by atoms with Gasteiger partial charge in [-0.25, -0.2) is 15.0 Å². The lowest BCUT2D eigenvalue weighted by Gasteiger charge is -2.12. The SMILES string of the molecule is Cc1c[n+](C)n2ccc(-c3ccnc(N[C@H]4CC[C@H](N)C4)n3)nc12. The van der Waals surface area contributed by atoms with Gasteiger partial charge in [-0.1, -0.05) is 0 Å². The van der Waals surface area contributed by atoms with Crippen LogP contribution >= 0.6 is 0 Å². The molecule has 1 fully saturated rings. The summed E-state index contributed by atoms with van der Waals surface area (Å²) in [5.74, 6) is 0.644. The maximum absolute atomic E-state index is 5.97. The molecule has 7 heteroatoms. The van der Waals surface area contributed by atoms with Crippen molar-refractivity contribution < 1.29 is 4.68 Å². The van der Waals surface area contributed by atoms with Crippen LogP contribution in [0.3, 0.4) is 0 Å². The third-order valence-electron chi connectivity index (χ3n) is 4.61. The first-order chi connectivity index (χ1) is 11.6. The van der Waals surface area contributed by atoms with Crippen molar-refractivity contribution in [3.05, 3.63) is 36.3 Å². The first-order valence-electron chi connectivity index (χ1n) is 8.30. The highest BCUT2D eigenvalue weighted by molar-refractivity contribution is 5.59. The Bertz CT molecular complexity index is 886. The predicted molar refractivity (Wildman–Crippen MR) is 91.4 cm³/mol. The largest absolute Gasteiger partial charge is 0.351 e. The molecule has 0 radical (unpaired) electrons. The van der Waals surface area contributed by atoms with Crippen LogP contribution in [0, 0.1) is 6.92 Å². The molecule has 0 bridgehead atoms. The maximum Gasteiger partial charge on any atom is 0.223 e. The Hall–Kier alpha value is -2.54. The molecule has 3 aromatic rings. The van der Waals surface area contributed by atoms with Gasteiger partial charge in [-0.2, -0.15) is 0 Å². The highest BCUT2D eigenvalue weighted by Gasteiger charge is 2.22. The molecule has 4 rings (SSSR count). The summed E-state index contributed by atoms with van der Waals surface area (Å²) in [6.45, 7) is 2.06. The number of hydrogen-bond acceptors (Lipinski definition) is 5. The van der Waals surface area contributed by atoms with Crippen LogP contribution in [0.25, 0.3) is 17.0 Å². The van der Waals surface area contributed by atoms with Gasteiger partial charge in [0.2, 0.25) is 17.8 Å². The second-order valence-electron chi connectivity index (χ2n) is 6.55. The molecule has 3 heterocycles. The molecule has 1 saturated carbocycles. The Morgan fingerprint density at radius 1 is 1.25 bits per heavy atom. The molecule has 1 aliphatic carbocycles. The number of nitrogens with one attached hydrogen (secondary N) is 1. The number of nitrogens with two attached hydrogens (primary N) is 1. The quantitative estimate of drug-likeness (QED) is 0.708. The van der Waals surface area contributed by atoms with Gasteiger partial charge in [0.1, 0.15) is 0 Å². The van der Waals surface area contributed by atoms with Crippen molar-refractivity contribution in [1.29, 1.82) is 0 Å². The molecule has 2 atom stereocenters. The second-order valence-corrected chi connectivity index (χ2v) is 6.55. The molecule has 0 amide bonds. The zero-order chi connectivity index (χ0) is 16.7. The van der Waals surface area contributed by atoms with E-state index in [1.165, 1.54) is 0 Å². The van der Waals surface area contributed by atoms with Gasteiger partial charge in [0.15, 0.2) is 7.05 Å². The van der Waals surface area contributed by atoms with E-state index in [1.807, 2.05) is 34.6 Å². The number of hydrogen-bond donors (Lipinski definition) is 2. The zero-order valence-electron chi connectivity index (χ0n) is 14.0. The maximum atomic E-state index is 5.97. The van der Waals surface area contributed by atoms with E-state index in [0.717, 1.165) is 41.9 Å². The molecule has 3 N–H and O–H groups in total. The number of anilines is 1. The van der Waals surface area contributed by atoms with E-state index >= 15 is 0 Å². The second kappa shape index (κ2) is 5.83. The lowest BCUT2D eigenvalue weighted by atomic mass is 10.2. The molecule has 124 valence electrons. The van der Waals surface area contributed by atoms with E-state index in [2.05, 4.69) is 28.4 Å². The van der Waals surface area contributed by atoms with Crippen molar-refractivity contribution in [2.45, 2.75) is 38.3 Å². The third kappa shape index (κ3) is 2.71. The van der Waals surface area contributed by atoms with Gasteiger partial charge in [0.25, 0.3) is 0 Å². The van der Waals surface area contributed by atoms with Crippen molar-refractivity contribution in [2.24, 2.45) is 12.8 Å². The molecule has 1 aliphatic rings. The first kappa shape index (κ1) is 15.0. The van der Waals surface area contributed by atoms with Crippen LogP contribution in [0.5, 0.6) is 0 Å². The van der Waals surface area contributed by atoms with E-state index in [4.69, 9.17) is 10.7 Å². The van der Waals surface area contributed by atoms with Crippen LogP contribution in [0.1, 0.15) is 24.8 Å². The minimum atomic E-state index is 0.285. The van der Waals surface area contributed by atoms with Gasteiger partial charge in [-0.05, 0) is 38.3 Å². The summed E-state index contributed by atoms with van der Waals surface area (Å²) in [7, 11) is 2.00. The average Bonchev–Trinajstić information content (AvgIpc) is 3.11. The van der Waals surface area contributed by atoms with Crippen LogP contribution in [-0.2, 0) is 7.05 Å². The number of aromatic nitrogens is 5. The van der Waals surface area contributed by atoms with Crippen molar-refractivity contribution in [3.8, 4) is 11.4 Å². The molecule has 0 aliphatic heterocycles. The average molecular weight is 324 g/mol. The topological polar surface area (TPSA) is 85.0 Å². The number of fused-ring (bicyclic) bond motifs is 1. The summed E-state index contributed by atoms with van der Waals surface area (Å²) in [5.41, 5.74) is 9.71. The highest BCUT2D eigenvalue weighted by atomic mass is 15.3. The summed E-state index contributed by atoms with van der Waals surface area (Å²) in [4.78, 5) is 13.7. The summed E-state index contributed by atoms with van der Waals surface area (Å²) in [6, 6.07) is 4.51. The highest BCUT2D eigenvalue weighted by Crippen LogP contribution is 2.22. The minimum Gasteiger partial charge on any atom is -0.351 e. The van der Waals surface area contributed by atoms with Gasteiger partial charge in [-0.15, -0.1) is 9.20 Å². The summed E-state index contributed by atoms with van der Waals surface area (Å²) in [6.07, 6.45) is 8.94. The van der Waals surface area contributed by atoms with E-state index in [1.54, 1.807) is 6.20 Å². The first-order valence-corrected chi connectivity index (χ1v) is 8.30. The summed E-state index contributed by atoms with van der Waals surface area (Å²) in [5, 5.41) is 3.39. The lowest BCUT2D eigenvalue weighted by Crippen LogP contribution is -2.33. The normalized spacial score (nSPS) is 20.6. The standard InChI is InChI=1S/C17H22N7/c1-11-10-23(2)24-8-6-15(21-16(11)24)14-5-7-19-17(22-14)20-13-4-3-12(18)9-13/h5-8,10,12-13H,3-4,9,18H2,1-2H3,(H,19,20,22)/q+1/t12-,13-/m0/s1. The molecular formula is C17H22N7+. The predicted octanol–water partition coefficient (Wildman–Crippen LogP) is 1.22. The fourth-order valence-corrected chi connectivity index (χ4v) is 3.38. The molecule has 3 aromatic heterocycles. The Morgan fingerprint density at radius 3 is 2.88 bits per heavy atom. The van der Waals surface area contributed by atoms with Crippen molar-refractivity contribution in [1.82, 2.24) is 19.5 Å². The Morgan fingerprint density at radius 2 is 2.08 bits per heavy atom. The summed E-state index contributed by atoms with van der Waals surface area (Å²) < 4.78 is 4.02. The van der Waals surface area contributed by atoms with E-state index < -0.39 is 0 Å². The molecule has 0 aromatic carbocycles. The van der Waals surface area contributed by atoms with Crippen LogP contribution in [0.4, 0.5) is 5.95 Å². The Labute approximate surface area is 140 Å². The van der Waals surface area contributed by atoms with Crippen LogP contribution in [0.2, 0.25) is 0 Å². The molecule has 0 unspecified atom stereocenters. The number of aryl methyl sites for hydroxylation is 2. The van der Waals surface area contributed by atoms with Gasteiger partial charge in [0.05, 0.1) is 23.1 Å². The van der Waals surface area contributed by atoms with Gasteiger partial charge in [-0.3, -0.25) is 0 Å². The number of rotatable bonds is 3. The van der Waals surface area contributed by atoms with Crippen LogP contribution < -0.4 is 15.7 Å². The lowest BCUT2D eigenvalue weighted by molar-refractivity contribution is -0.737. The summed E-state index contributed by atoms with van der Waals surface area (Å²) >= 11 is 0. The van der Waals surface area contributed by atoms with Crippen molar-refractivity contribution in [2.75, 3.05) is 5.32 Å². The van der Waals surface area contributed by atoms with Gasteiger partial charge in [0, 0.05) is 18.3 Å². The van der Waals surface area contributed by atoms with E-state index in [0.29, 0.717) is 12.0 Å². The van der Waals surface area contributed by atoms with Gasteiger partial charge >= 0.3 is 0 Å². The van der Waals surface area contributed by atoms with Crippen molar-refractivity contribution >= 4 is 11.6 Å². The smallest absolute Gasteiger partial charge is 0.223 e. The van der Waals surface area contributed by atoms with Crippen LogP contribution in [-0.4, -0.2) is 31.6 Å². The molecule has 0 saturated heterocycles. The third-order valence-corrected chi connectivity index (χ3v) is 4.61.